The molecule has 0 unspecified atom stereocenters. The highest BCUT2D eigenvalue weighted by molar-refractivity contribution is 7.99. The number of amides is 1. The van der Waals surface area contributed by atoms with E-state index in [1.807, 2.05) is 32.0 Å². The van der Waals surface area contributed by atoms with Gasteiger partial charge in [0.2, 0.25) is 11.1 Å². The normalized spacial score (nSPS) is 13.0. The van der Waals surface area contributed by atoms with E-state index in [0.29, 0.717) is 22.3 Å². The molecule has 0 saturated carbocycles. The van der Waals surface area contributed by atoms with E-state index in [-0.39, 0.29) is 17.6 Å². The van der Waals surface area contributed by atoms with Crippen LogP contribution in [-0.2, 0) is 22.4 Å². The SMILES string of the molecule is CCOC(=O)c1c(NC(=O)CSc2nnnn2-c2ccc(C)c(C)c2)sc2c1CCCC2. The number of carbonyl (C=O) groups excluding carboxylic acids is 2. The summed E-state index contributed by atoms with van der Waals surface area (Å²) < 4.78 is 6.88. The van der Waals surface area contributed by atoms with Crippen LogP contribution in [0.5, 0.6) is 0 Å². The van der Waals surface area contributed by atoms with E-state index in [9.17, 15) is 9.59 Å². The maximum absolute atomic E-state index is 12.7. The summed E-state index contributed by atoms with van der Waals surface area (Å²) >= 11 is 2.73. The summed E-state index contributed by atoms with van der Waals surface area (Å²) in [5.41, 5.74) is 4.72. The molecule has 168 valence electrons. The smallest absolute Gasteiger partial charge is 0.341 e. The first kappa shape index (κ1) is 22.5. The van der Waals surface area contributed by atoms with Crippen molar-refractivity contribution in [1.29, 1.82) is 0 Å². The fourth-order valence-electron chi connectivity index (χ4n) is 3.65. The number of ether oxygens (including phenoxy) is 1. The number of benzene rings is 1. The molecule has 0 fully saturated rings. The minimum absolute atomic E-state index is 0.121. The maximum atomic E-state index is 12.7. The van der Waals surface area contributed by atoms with E-state index in [1.165, 1.54) is 33.5 Å². The van der Waals surface area contributed by atoms with Gasteiger partial charge in [-0.2, -0.15) is 4.68 Å². The van der Waals surface area contributed by atoms with Gasteiger partial charge in [-0.3, -0.25) is 4.79 Å². The Bertz CT molecular complexity index is 1150. The van der Waals surface area contributed by atoms with E-state index in [4.69, 9.17) is 4.74 Å². The molecule has 4 rings (SSSR count). The highest BCUT2D eigenvalue weighted by Crippen LogP contribution is 2.38. The molecule has 1 aliphatic carbocycles. The zero-order chi connectivity index (χ0) is 22.7. The number of nitrogens with zero attached hydrogens (tertiary/aromatic N) is 4. The van der Waals surface area contributed by atoms with Gasteiger partial charge in [-0.05, 0) is 85.7 Å². The van der Waals surface area contributed by atoms with Crippen LogP contribution in [0.1, 0.15) is 51.7 Å². The Kier molecular flexibility index (Phi) is 6.90. The Morgan fingerprint density at radius 3 is 2.81 bits per heavy atom. The lowest BCUT2D eigenvalue weighted by Gasteiger charge is -2.12. The number of anilines is 1. The molecule has 0 saturated heterocycles. The van der Waals surface area contributed by atoms with Crippen LogP contribution in [0.4, 0.5) is 5.00 Å². The molecular weight excluding hydrogens is 446 g/mol. The monoisotopic (exact) mass is 471 g/mol. The number of thioether (sulfide) groups is 1. The Labute approximate surface area is 194 Å². The maximum Gasteiger partial charge on any atom is 0.341 e. The molecule has 0 bridgehead atoms. The second-order valence-corrected chi connectivity index (χ2v) is 9.66. The number of thiophene rings is 1. The minimum Gasteiger partial charge on any atom is -0.462 e. The summed E-state index contributed by atoms with van der Waals surface area (Å²) in [6.07, 6.45) is 3.91. The number of tetrazole rings is 1. The second kappa shape index (κ2) is 9.83. The number of nitrogens with one attached hydrogen (secondary N) is 1. The number of carbonyl (C=O) groups is 2. The third-order valence-electron chi connectivity index (χ3n) is 5.41. The van der Waals surface area contributed by atoms with Crippen molar-refractivity contribution < 1.29 is 14.3 Å². The van der Waals surface area contributed by atoms with Crippen LogP contribution in [0, 0.1) is 13.8 Å². The van der Waals surface area contributed by atoms with Crippen molar-refractivity contribution in [3.05, 3.63) is 45.3 Å². The lowest BCUT2D eigenvalue weighted by molar-refractivity contribution is -0.113. The van der Waals surface area contributed by atoms with Gasteiger partial charge in [0.15, 0.2) is 0 Å². The lowest BCUT2D eigenvalue weighted by Crippen LogP contribution is -2.17. The van der Waals surface area contributed by atoms with Gasteiger partial charge in [-0.1, -0.05) is 17.8 Å². The fourth-order valence-corrected chi connectivity index (χ4v) is 5.64. The van der Waals surface area contributed by atoms with Crippen molar-refractivity contribution >= 4 is 40.0 Å². The van der Waals surface area contributed by atoms with Gasteiger partial charge in [0, 0.05) is 4.88 Å². The number of fused-ring (bicyclic) bond motifs is 1. The summed E-state index contributed by atoms with van der Waals surface area (Å²) in [5.74, 6) is -0.460. The third-order valence-corrected chi connectivity index (χ3v) is 7.54. The van der Waals surface area contributed by atoms with E-state index in [1.54, 1.807) is 11.6 Å². The van der Waals surface area contributed by atoms with Crippen LogP contribution >= 0.6 is 23.1 Å². The van der Waals surface area contributed by atoms with Gasteiger partial charge >= 0.3 is 5.97 Å². The zero-order valence-electron chi connectivity index (χ0n) is 18.3. The Balaban J connectivity index is 1.48. The average molecular weight is 472 g/mol. The first-order chi connectivity index (χ1) is 15.5. The second-order valence-electron chi connectivity index (χ2n) is 7.61. The number of aryl methyl sites for hydroxylation is 3. The number of rotatable bonds is 7. The summed E-state index contributed by atoms with van der Waals surface area (Å²) in [7, 11) is 0. The Morgan fingerprint density at radius 1 is 1.22 bits per heavy atom. The van der Waals surface area contributed by atoms with Gasteiger partial charge in [0.05, 0.1) is 23.6 Å². The van der Waals surface area contributed by atoms with Crippen LogP contribution in [0.25, 0.3) is 5.69 Å². The third kappa shape index (κ3) is 4.71. The van der Waals surface area contributed by atoms with Crippen LogP contribution in [0.3, 0.4) is 0 Å². The van der Waals surface area contributed by atoms with Crippen LogP contribution in [0.2, 0.25) is 0 Å². The van der Waals surface area contributed by atoms with Crippen molar-refractivity contribution in [2.24, 2.45) is 0 Å². The predicted molar refractivity (Wildman–Crippen MR) is 125 cm³/mol. The molecule has 3 aromatic rings. The molecule has 1 N–H and O–H groups in total. The molecule has 1 amide bonds. The van der Waals surface area contributed by atoms with Crippen molar-refractivity contribution in [3.8, 4) is 5.69 Å². The molecule has 2 aromatic heterocycles. The summed E-state index contributed by atoms with van der Waals surface area (Å²) in [6, 6.07) is 5.98. The van der Waals surface area contributed by atoms with Crippen molar-refractivity contribution in [2.45, 2.75) is 51.6 Å². The predicted octanol–water partition coefficient (Wildman–Crippen LogP) is 4.13. The largest absolute Gasteiger partial charge is 0.462 e. The van der Waals surface area contributed by atoms with Crippen molar-refractivity contribution in [3.63, 3.8) is 0 Å². The number of aromatic nitrogens is 4. The minimum atomic E-state index is -0.367. The van der Waals surface area contributed by atoms with Crippen LogP contribution in [0.15, 0.2) is 23.4 Å². The van der Waals surface area contributed by atoms with Crippen LogP contribution in [-0.4, -0.2) is 44.4 Å². The molecule has 0 atom stereocenters. The highest BCUT2D eigenvalue weighted by Gasteiger charge is 2.27. The molecule has 0 aliphatic heterocycles. The first-order valence-corrected chi connectivity index (χ1v) is 12.4. The molecule has 2 heterocycles. The summed E-state index contributed by atoms with van der Waals surface area (Å²) in [5, 5.41) is 15.9. The number of esters is 1. The molecule has 0 radical (unpaired) electrons. The quantitative estimate of drug-likeness (QED) is 0.409. The molecule has 8 nitrogen and oxygen atoms in total. The molecule has 32 heavy (non-hydrogen) atoms. The molecule has 0 spiro atoms. The van der Waals surface area contributed by atoms with Gasteiger partial charge in [0.1, 0.15) is 5.00 Å². The van der Waals surface area contributed by atoms with Crippen molar-refractivity contribution in [2.75, 3.05) is 17.7 Å². The molecule has 10 heteroatoms. The average Bonchev–Trinajstić information content (AvgIpc) is 3.38. The first-order valence-electron chi connectivity index (χ1n) is 10.6. The Morgan fingerprint density at radius 2 is 2.03 bits per heavy atom. The van der Waals surface area contributed by atoms with Gasteiger partial charge in [0.25, 0.3) is 0 Å². The molecule has 1 aromatic carbocycles. The van der Waals surface area contributed by atoms with Crippen LogP contribution < -0.4 is 5.32 Å². The summed E-state index contributed by atoms with van der Waals surface area (Å²) in [4.78, 5) is 26.5. The van der Waals surface area contributed by atoms with Gasteiger partial charge in [-0.15, -0.1) is 16.4 Å². The number of hydrogen-bond donors (Lipinski definition) is 1. The highest BCUT2D eigenvalue weighted by atomic mass is 32.2. The topological polar surface area (TPSA) is 99.0 Å². The van der Waals surface area contributed by atoms with E-state index < -0.39 is 0 Å². The van der Waals surface area contributed by atoms with E-state index >= 15 is 0 Å². The van der Waals surface area contributed by atoms with Crippen molar-refractivity contribution in [1.82, 2.24) is 20.2 Å². The van der Waals surface area contributed by atoms with Gasteiger partial charge < -0.3 is 10.1 Å². The molecular formula is C22H25N5O3S2. The lowest BCUT2D eigenvalue weighted by atomic mass is 9.95. The zero-order valence-corrected chi connectivity index (χ0v) is 19.9. The number of hydrogen-bond acceptors (Lipinski definition) is 8. The fraction of sp³-hybridized carbons (Fsp3) is 0.409. The van der Waals surface area contributed by atoms with E-state index in [0.717, 1.165) is 42.5 Å². The van der Waals surface area contributed by atoms with Gasteiger partial charge in [-0.25, -0.2) is 4.79 Å². The standard InChI is InChI=1S/C22H25N5O3S2/c1-4-30-21(29)19-16-7-5-6-8-17(16)32-20(19)23-18(28)12-31-22-24-25-26-27(22)15-10-9-13(2)14(3)11-15/h9-11H,4-8,12H2,1-3H3,(H,23,28). The van der Waals surface area contributed by atoms with E-state index in [2.05, 4.69) is 20.8 Å². The summed E-state index contributed by atoms with van der Waals surface area (Å²) in [6.45, 7) is 6.16. The molecule has 1 aliphatic rings. The Hall–Kier alpha value is -2.72.